The number of rotatable bonds is 0. The van der Waals surface area contributed by atoms with Crippen molar-refractivity contribution in [2.45, 2.75) is 13.0 Å². The van der Waals surface area contributed by atoms with Crippen molar-refractivity contribution in [2.24, 2.45) is 30.7 Å². The van der Waals surface area contributed by atoms with Crippen molar-refractivity contribution in [1.82, 2.24) is 9.97 Å². The zero-order chi connectivity index (χ0) is 27.5. The maximum absolute atomic E-state index is 6.70. The van der Waals surface area contributed by atoms with Crippen LogP contribution < -0.4 is 16.7 Å². The standard InChI is InChI=1S/C33H24N8/c1-18-19-10-2-3-11-20(19)27(34)36-29-22-13-5-7-15-24(22)31(38-29)40-33-26-17-9-8-16-25(26)32(41-33)39-30-23-14-6-4-12-21(23)28(35-18)37-30/h2-18,38H,1H3,(H2,34,36)(H,35,37,39,40,41). The zero-order valence-corrected chi connectivity index (χ0v) is 22.1. The number of fused-ring (bicyclic) bond motifs is 15. The Bertz CT molecular complexity index is 2250. The lowest BCUT2D eigenvalue weighted by Crippen LogP contribution is -2.17. The van der Waals surface area contributed by atoms with E-state index in [-0.39, 0.29) is 6.04 Å². The van der Waals surface area contributed by atoms with Crippen molar-refractivity contribution in [1.29, 1.82) is 0 Å². The first-order valence-electron chi connectivity index (χ1n) is 13.5. The molecule has 196 valence electrons. The number of benzene rings is 4. The molecule has 0 radical (unpaired) electrons. The topological polar surface area (TPSA) is 119 Å². The highest BCUT2D eigenvalue weighted by Gasteiger charge is 2.23. The number of hydrogen-bond acceptors (Lipinski definition) is 6. The van der Waals surface area contributed by atoms with Crippen LogP contribution in [0.1, 0.15) is 35.2 Å². The van der Waals surface area contributed by atoms with E-state index in [1.54, 1.807) is 0 Å². The summed E-state index contributed by atoms with van der Waals surface area (Å²) in [5.74, 6) is 2.88. The molecule has 8 nitrogen and oxygen atoms in total. The predicted octanol–water partition coefficient (Wildman–Crippen LogP) is 5.54. The van der Waals surface area contributed by atoms with E-state index >= 15 is 0 Å². The molecule has 2 aliphatic rings. The Kier molecular flexibility index (Phi) is 5.08. The summed E-state index contributed by atoms with van der Waals surface area (Å²) in [7, 11) is 0. The molecule has 6 aromatic rings. The Morgan fingerprint density at radius 3 is 1.78 bits per heavy atom. The number of aromatic nitrogens is 2. The van der Waals surface area contributed by atoms with Crippen molar-refractivity contribution in [3.05, 3.63) is 130 Å². The van der Waals surface area contributed by atoms with E-state index in [0.717, 1.165) is 49.3 Å². The van der Waals surface area contributed by atoms with E-state index in [4.69, 9.17) is 30.7 Å². The van der Waals surface area contributed by atoms with Crippen molar-refractivity contribution in [3.8, 4) is 0 Å². The van der Waals surface area contributed by atoms with E-state index in [2.05, 4.69) is 23.0 Å². The van der Waals surface area contributed by atoms with Gasteiger partial charge in [-0.2, -0.15) is 0 Å². The fourth-order valence-corrected chi connectivity index (χ4v) is 5.67. The monoisotopic (exact) mass is 532 g/mol. The first-order chi connectivity index (χ1) is 20.1. The molecule has 4 aromatic carbocycles. The molecule has 0 amide bonds. The summed E-state index contributed by atoms with van der Waals surface area (Å²) in [6.45, 7) is 2.06. The normalized spacial score (nSPS) is 18.7. The lowest BCUT2D eigenvalue weighted by Gasteiger charge is -2.12. The Morgan fingerprint density at radius 1 is 0.537 bits per heavy atom. The van der Waals surface area contributed by atoms with Crippen molar-refractivity contribution < 1.29 is 0 Å². The Balaban J connectivity index is 1.49. The lowest BCUT2D eigenvalue weighted by atomic mass is 10.0. The van der Waals surface area contributed by atoms with Gasteiger partial charge in [0.25, 0.3) is 0 Å². The summed E-state index contributed by atoms with van der Waals surface area (Å²) >= 11 is 0. The first-order valence-corrected chi connectivity index (χ1v) is 13.5. The van der Waals surface area contributed by atoms with Crippen molar-refractivity contribution in [2.75, 3.05) is 0 Å². The minimum Gasteiger partial charge on any atom is -0.383 e. The van der Waals surface area contributed by atoms with Crippen molar-refractivity contribution in [3.63, 3.8) is 0 Å². The van der Waals surface area contributed by atoms with Crippen LogP contribution in [0.5, 0.6) is 0 Å². The molecule has 2 aromatic heterocycles. The van der Waals surface area contributed by atoms with Gasteiger partial charge in [0, 0.05) is 38.2 Å². The summed E-state index contributed by atoms with van der Waals surface area (Å²) in [6.07, 6.45) is 0. The molecular formula is C33H24N8. The second-order valence-corrected chi connectivity index (χ2v) is 10.2. The minimum absolute atomic E-state index is 0.207. The van der Waals surface area contributed by atoms with E-state index in [9.17, 15) is 0 Å². The second-order valence-electron chi connectivity index (χ2n) is 10.2. The van der Waals surface area contributed by atoms with Crippen LogP contribution in [0.3, 0.4) is 0 Å². The maximum Gasteiger partial charge on any atom is 0.164 e. The number of hydrogen-bond donors (Lipinski definition) is 3. The maximum atomic E-state index is 6.70. The molecular weight excluding hydrogens is 508 g/mol. The molecule has 2 aliphatic heterocycles. The van der Waals surface area contributed by atoms with Crippen LogP contribution in [0.25, 0.3) is 21.5 Å². The van der Waals surface area contributed by atoms with Crippen molar-refractivity contribution >= 4 is 50.7 Å². The quantitative estimate of drug-likeness (QED) is 0.234. The highest BCUT2D eigenvalue weighted by Crippen LogP contribution is 2.35. The molecule has 0 saturated heterocycles. The molecule has 8 heteroatoms. The smallest absolute Gasteiger partial charge is 0.164 e. The third-order valence-corrected chi connectivity index (χ3v) is 7.65. The van der Waals surface area contributed by atoms with Gasteiger partial charge in [-0.25, -0.2) is 20.0 Å². The number of nitrogens with two attached hydrogens (primary N) is 1. The summed E-state index contributed by atoms with van der Waals surface area (Å²) in [6, 6.07) is 32.0. The van der Waals surface area contributed by atoms with E-state index in [1.807, 2.05) is 91.0 Å². The highest BCUT2D eigenvalue weighted by atomic mass is 15.1. The largest absolute Gasteiger partial charge is 0.383 e. The SMILES string of the molecule is CC1N=c2[nH]c(c3ccccc23)=NC2=N/C(=N\c3[nH]c(c4ccccc34)/N=C(\N)c3ccccc31)c1ccccc12. The van der Waals surface area contributed by atoms with Crippen LogP contribution in [0.15, 0.2) is 122 Å². The summed E-state index contributed by atoms with van der Waals surface area (Å²) in [4.78, 5) is 31.8. The molecule has 4 N–H and O–H groups in total. The van der Waals surface area contributed by atoms with Crippen LogP contribution in [0.2, 0.25) is 0 Å². The number of H-pyrrole nitrogens is 2. The molecule has 6 bridgehead atoms. The number of amidine groups is 3. The van der Waals surface area contributed by atoms with Crippen LogP contribution in [0.4, 0.5) is 11.6 Å². The molecule has 0 fully saturated rings. The van der Waals surface area contributed by atoms with E-state index < -0.39 is 0 Å². The summed E-state index contributed by atoms with van der Waals surface area (Å²) in [5, 5.41) is 3.82. The average molecular weight is 533 g/mol. The molecule has 0 saturated carbocycles. The van der Waals surface area contributed by atoms with Gasteiger partial charge in [-0.3, -0.25) is 4.99 Å². The van der Waals surface area contributed by atoms with E-state index in [0.29, 0.717) is 34.6 Å². The zero-order valence-electron chi connectivity index (χ0n) is 22.1. The molecule has 1 unspecified atom stereocenters. The Labute approximate surface area is 234 Å². The third-order valence-electron chi connectivity index (χ3n) is 7.65. The van der Waals surface area contributed by atoms with Gasteiger partial charge in [0.15, 0.2) is 11.7 Å². The number of nitrogens with zero attached hydrogens (tertiary/aromatic N) is 5. The highest BCUT2D eigenvalue weighted by molar-refractivity contribution is 6.23. The molecule has 41 heavy (non-hydrogen) atoms. The fourth-order valence-electron chi connectivity index (χ4n) is 5.67. The van der Waals surface area contributed by atoms with E-state index in [1.165, 1.54) is 0 Å². The van der Waals surface area contributed by atoms with Crippen LogP contribution >= 0.6 is 0 Å². The summed E-state index contributed by atoms with van der Waals surface area (Å²) in [5.41, 5.74) is 11.8. The molecule has 0 aliphatic carbocycles. The van der Waals surface area contributed by atoms with Gasteiger partial charge in [0.2, 0.25) is 0 Å². The van der Waals surface area contributed by atoms with Crippen LogP contribution in [-0.2, 0) is 0 Å². The Hall–Kier alpha value is -5.63. The summed E-state index contributed by atoms with van der Waals surface area (Å²) < 4.78 is 0. The fraction of sp³-hybridized carbons (Fsp3) is 0.0606. The third kappa shape index (κ3) is 3.72. The molecule has 1 atom stereocenters. The van der Waals surface area contributed by atoms with Gasteiger partial charge in [0.05, 0.1) is 6.04 Å². The van der Waals surface area contributed by atoms with Crippen LogP contribution in [0, 0.1) is 0 Å². The van der Waals surface area contributed by atoms with Gasteiger partial charge < -0.3 is 15.7 Å². The Morgan fingerprint density at radius 2 is 1.07 bits per heavy atom. The number of nitrogens with one attached hydrogen (secondary N) is 2. The molecule has 4 heterocycles. The van der Waals surface area contributed by atoms with Gasteiger partial charge in [0.1, 0.15) is 28.4 Å². The second kappa shape index (κ2) is 8.96. The van der Waals surface area contributed by atoms with Gasteiger partial charge >= 0.3 is 0 Å². The van der Waals surface area contributed by atoms with Gasteiger partial charge in [-0.1, -0.05) is 97.1 Å². The first kappa shape index (κ1) is 23.3. The number of aromatic amines is 2. The molecule has 8 rings (SSSR count). The molecule has 0 spiro atoms. The number of aliphatic imine (C=N–C) groups is 3. The van der Waals surface area contributed by atoms with Crippen LogP contribution in [-0.4, -0.2) is 27.5 Å². The van der Waals surface area contributed by atoms with Gasteiger partial charge in [-0.05, 0) is 12.5 Å². The van der Waals surface area contributed by atoms with Gasteiger partial charge in [-0.15, -0.1) is 0 Å². The average Bonchev–Trinajstić information content (AvgIpc) is 3.65. The predicted molar refractivity (Wildman–Crippen MR) is 163 cm³/mol. The minimum atomic E-state index is -0.207. The lowest BCUT2D eigenvalue weighted by molar-refractivity contribution is 0.778.